The fourth-order valence-electron chi connectivity index (χ4n) is 4.01. The highest BCUT2D eigenvalue weighted by molar-refractivity contribution is 6.37. The Labute approximate surface area is 242 Å². The van der Waals surface area contributed by atoms with Crippen LogP contribution in [0.15, 0.2) is 118 Å². The van der Waals surface area contributed by atoms with E-state index in [0.717, 1.165) is 16.8 Å². The molecule has 4 aromatic carbocycles. The SMILES string of the molecule is CC(C)(C)c1nn(-c2c(Cl)cccc2Cl)c(O)c1/N=N/c1ccc(/N=N/c2ccc(-c3ccccc3)cc2)cc1. The molecular formula is C31H26Cl2N6O. The van der Waals surface area contributed by atoms with Crippen LogP contribution < -0.4 is 0 Å². The molecular weight excluding hydrogens is 543 g/mol. The Balaban J connectivity index is 1.35. The summed E-state index contributed by atoms with van der Waals surface area (Å²) in [6.07, 6.45) is 0. The minimum absolute atomic E-state index is 0.202. The highest BCUT2D eigenvalue weighted by atomic mass is 35.5. The quantitative estimate of drug-likeness (QED) is 0.206. The molecule has 0 aliphatic heterocycles. The monoisotopic (exact) mass is 568 g/mol. The van der Waals surface area contributed by atoms with Gasteiger partial charge >= 0.3 is 0 Å². The molecule has 0 spiro atoms. The van der Waals surface area contributed by atoms with Gasteiger partial charge in [0.05, 0.1) is 32.8 Å². The number of hydrogen-bond donors (Lipinski definition) is 1. The minimum Gasteiger partial charge on any atom is -0.492 e. The van der Waals surface area contributed by atoms with Crippen molar-refractivity contribution in [3.8, 4) is 22.7 Å². The van der Waals surface area contributed by atoms with E-state index in [-0.39, 0.29) is 11.6 Å². The molecule has 0 unspecified atom stereocenters. The lowest BCUT2D eigenvalue weighted by atomic mass is 9.91. The van der Waals surface area contributed by atoms with Crippen molar-refractivity contribution in [2.75, 3.05) is 0 Å². The zero-order chi connectivity index (χ0) is 28.3. The Kier molecular flexibility index (Phi) is 7.78. The van der Waals surface area contributed by atoms with E-state index < -0.39 is 5.41 Å². The highest BCUT2D eigenvalue weighted by Crippen LogP contribution is 2.42. The predicted molar refractivity (Wildman–Crippen MR) is 161 cm³/mol. The lowest BCUT2D eigenvalue weighted by molar-refractivity contribution is 0.434. The van der Waals surface area contributed by atoms with E-state index in [9.17, 15) is 5.11 Å². The maximum Gasteiger partial charge on any atom is 0.243 e. The topological polar surface area (TPSA) is 87.5 Å². The summed E-state index contributed by atoms with van der Waals surface area (Å²) in [5.41, 5.74) is 5.01. The summed E-state index contributed by atoms with van der Waals surface area (Å²) in [5.74, 6) is -0.202. The number of hydrogen-bond acceptors (Lipinski definition) is 6. The first-order valence-corrected chi connectivity index (χ1v) is 13.3. The summed E-state index contributed by atoms with van der Waals surface area (Å²) >= 11 is 12.7. The lowest BCUT2D eigenvalue weighted by Gasteiger charge is -2.15. The summed E-state index contributed by atoms with van der Waals surface area (Å²) in [7, 11) is 0. The van der Waals surface area contributed by atoms with Gasteiger partial charge in [0.15, 0.2) is 5.69 Å². The number of aromatic nitrogens is 2. The van der Waals surface area contributed by atoms with Crippen molar-refractivity contribution in [2.24, 2.45) is 20.5 Å². The van der Waals surface area contributed by atoms with Crippen LogP contribution in [0.5, 0.6) is 5.88 Å². The highest BCUT2D eigenvalue weighted by Gasteiger charge is 2.29. The van der Waals surface area contributed by atoms with Crippen LogP contribution in [0.2, 0.25) is 10.0 Å². The van der Waals surface area contributed by atoms with Crippen molar-refractivity contribution in [1.29, 1.82) is 0 Å². The molecule has 0 aliphatic carbocycles. The van der Waals surface area contributed by atoms with E-state index in [1.54, 1.807) is 42.5 Å². The smallest absolute Gasteiger partial charge is 0.243 e. The van der Waals surface area contributed by atoms with Crippen molar-refractivity contribution in [3.63, 3.8) is 0 Å². The number of benzene rings is 4. The molecule has 1 N–H and O–H groups in total. The third-order valence-corrected chi connectivity index (χ3v) is 6.68. The van der Waals surface area contributed by atoms with Gasteiger partial charge in [0.25, 0.3) is 0 Å². The molecule has 200 valence electrons. The van der Waals surface area contributed by atoms with Crippen LogP contribution in [0.4, 0.5) is 22.7 Å². The molecule has 9 heteroatoms. The molecule has 0 radical (unpaired) electrons. The first-order valence-electron chi connectivity index (χ1n) is 12.6. The Morgan fingerprint density at radius 3 is 1.62 bits per heavy atom. The van der Waals surface area contributed by atoms with E-state index in [4.69, 9.17) is 23.2 Å². The largest absolute Gasteiger partial charge is 0.492 e. The number of rotatable bonds is 6. The molecule has 40 heavy (non-hydrogen) atoms. The van der Waals surface area contributed by atoms with Crippen molar-refractivity contribution in [2.45, 2.75) is 26.2 Å². The first-order chi connectivity index (χ1) is 19.2. The molecule has 0 saturated heterocycles. The number of para-hydroxylation sites is 1. The van der Waals surface area contributed by atoms with Gasteiger partial charge in [-0.1, -0.05) is 92.5 Å². The molecule has 0 aliphatic rings. The maximum atomic E-state index is 11.1. The second kappa shape index (κ2) is 11.4. The summed E-state index contributed by atoms with van der Waals surface area (Å²) in [4.78, 5) is 0. The standard InChI is InChI=1S/C31H26Cl2N6O/c1-31(2,3)29-27(30(40)39(38-29)28-25(32)10-7-11-26(28)33)37-36-24-18-16-23(17-19-24)35-34-22-14-12-21(13-15-22)20-8-5-4-6-9-20/h4-19,40H,1-3H3/b35-34+,37-36+. The zero-order valence-electron chi connectivity index (χ0n) is 22.1. The first kappa shape index (κ1) is 27.2. The van der Waals surface area contributed by atoms with Crippen LogP contribution in [0.1, 0.15) is 26.5 Å². The van der Waals surface area contributed by atoms with Crippen LogP contribution in [0.3, 0.4) is 0 Å². The number of aromatic hydroxyl groups is 1. The summed E-state index contributed by atoms with van der Waals surface area (Å²) in [5, 5.41) is 33.7. The molecule has 0 fully saturated rings. The summed E-state index contributed by atoms with van der Waals surface area (Å²) in [6.45, 7) is 5.92. The van der Waals surface area contributed by atoms with E-state index in [0.29, 0.717) is 32.8 Å². The van der Waals surface area contributed by atoms with Crippen molar-refractivity contribution >= 4 is 46.0 Å². The molecule has 7 nitrogen and oxygen atoms in total. The van der Waals surface area contributed by atoms with Crippen LogP contribution in [-0.2, 0) is 5.41 Å². The summed E-state index contributed by atoms with van der Waals surface area (Å²) < 4.78 is 1.30. The second-order valence-electron chi connectivity index (χ2n) is 10.1. The van der Waals surface area contributed by atoms with Gasteiger partial charge in [-0.15, -0.1) is 5.11 Å². The Morgan fingerprint density at radius 1 is 0.625 bits per heavy atom. The van der Waals surface area contributed by atoms with Gasteiger partial charge in [-0.05, 0) is 59.7 Å². The predicted octanol–water partition coefficient (Wildman–Crippen LogP) is 10.7. The molecule has 5 aromatic rings. The lowest BCUT2D eigenvalue weighted by Crippen LogP contribution is -2.13. The maximum absolute atomic E-state index is 11.1. The van der Waals surface area contributed by atoms with Gasteiger partial charge in [0.2, 0.25) is 5.88 Å². The minimum atomic E-state index is -0.436. The van der Waals surface area contributed by atoms with Crippen LogP contribution in [0.25, 0.3) is 16.8 Å². The molecule has 0 atom stereocenters. The Hall–Kier alpha value is -4.33. The zero-order valence-corrected chi connectivity index (χ0v) is 23.6. The fraction of sp³-hybridized carbons (Fsp3) is 0.129. The molecule has 0 bridgehead atoms. The molecule has 0 amide bonds. The van der Waals surface area contributed by atoms with Crippen molar-refractivity contribution in [1.82, 2.24) is 9.78 Å². The third kappa shape index (κ3) is 5.96. The van der Waals surface area contributed by atoms with E-state index >= 15 is 0 Å². The van der Waals surface area contributed by atoms with Gasteiger partial charge < -0.3 is 5.11 Å². The average molecular weight is 569 g/mol. The Morgan fingerprint density at radius 2 is 1.10 bits per heavy atom. The second-order valence-corrected chi connectivity index (χ2v) is 10.9. The van der Waals surface area contributed by atoms with Crippen LogP contribution in [0, 0.1) is 0 Å². The molecule has 5 rings (SSSR count). The number of azo groups is 2. The van der Waals surface area contributed by atoms with Gasteiger partial charge in [-0.3, -0.25) is 0 Å². The normalized spacial score (nSPS) is 12.0. The van der Waals surface area contributed by atoms with Gasteiger partial charge in [0.1, 0.15) is 5.69 Å². The molecule has 1 heterocycles. The summed E-state index contributed by atoms with van der Waals surface area (Å²) in [6, 6.07) is 30.3. The third-order valence-electron chi connectivity index (χ3n) is 6.07. The Bertz CT molecular complexity index is 1670. The van der Waals surface area contributed by atoms with Crippen molar-refractivity contribution in [3.05, 3.63) is 113 Å². The van der Waals surface area contributed by atoms with E-state index in [1.807, 2.05) is 63.2 Å². The average Bonchev–Trinajstić information content (AvgIpc) is 3.28. The number of nitrogens with zero attached hydrogens (tertiary/aromatic N) is 6. The molecule has 0 saturated carbocycles. The van der Waals surface area contributed by atoms with Crippen LogP contribution in [-0.4, -0.2) is 14.9 Å². The fourth-order valence-corrected chi connectivity index (χ4v) is 4.56. The van der Waals surface area contributed by atoms with Gasteiger partial charge in [-0.2, -0.15) is 25.1 Å². The van der Waals surface area contributed by atoms with E-state index in [1.165, 1.54) is 4.68 Å². The van der Waals surface area contributed by atoms with E-state index in [2.05, 4.69) is 37.7 Å². The van der Waals surface area contributed by atoms with Crippen LogP contribution >= 0.6 is 23.2 Å². The number of halogens is 2. The molecule has 1 aromatic heterocycles. The van der Waals surface area contributed by atoms with Gasteiger partial charge in [-0.25, -0.2) is 0 Å². The van der Waals surface area contributed by atoms with Gasteiger partial charge in [0, 0.05) is 5.41 Å². The van der Waals surface area contributed by atoms with Crippen molar-refractivity contribution < 1.29 is 5.11 Å².